The highest BCUT2D eigenvalue weighted by Crippen LogP contribution is 2.22. The quantitative estimate of drug-likeness (QED) is 0.818. The molecule has 0 fully saturated rings. The number of benzene rings is 2. The van der Waals surface area contributed by atoms with Gasteiger partial charge in [0.1, 0.15) is 11.9 Å². The van der Waals surface area contributed by atoms with Crippen molar-refractivity contribution in [2.45, 2.75) is 24.3 Å². The number of nitrogens with zero attached hydrogens (tertiary/aromatic N) is 1. The van der Waals surface area contributed by atoms with Crippen molar-refractivity contribution in [2.24, 2.45) is 4.99 Å². The van der Waals surface area contributed by atoms with Crippen LogP contribution in [-0.2, 0) is 21.2 Å². The van der Waals surface area contributed by atoms with Gasteiger partial charge in [0.05, 0.1) is 4.90 Å². The van der Waals surface area contributed by atoms with E-state index >= 15 is 0 Å². The molecule has 1 aliphatic rings. The number of carbonyl (C=O) groups excluding carboxylic acids is 1. The first-order valence-corrected chi connectivity index (χ1v) is 9.95. The van der Waals surface area contributed by atoms with E-state index in [0.29, 0.717) is 23.6 Å². The molecule has 1 amide bonds. The molecule has 0 aliphatic carbocycles. The fourth-order valence-corrected chi connectivity index (χ4v) is 4.10. The topological polar surface area (TPSA) is 87.6 Å². The molecule has 2 N–H and O–H groups in total. The second kappa shape index (κ2) is 7.47. The zero-order valence-corrected chi connectivity index (χ0v) is 15.6. The van der Waals surface area contributed by atoms with E-state index in [2.05, 4.69) is 15.0 Å². The number of halogens is 1. The maximum atomic E-state index is 12.2. The van der Waals surface area contributed by atoms with Crippen LogP contribution in [0.1, 0.15) is 18.1 Å². The van der Waals surface area contributed by atoms with E-state index in [-0.39, 0.29) is 16.6 Å². The van der Waals surface area contributed by atoms with Crippen molar-refractivity contribution in [2.75, 3.05) is 6.54 Å². The molecule has 1 aliphatic heterocycles. The maximum absolute atomic E-state index is 12.2. The minimum atomic E-state index is -3.61. The Kier molecular flexibility index (Phi) is 5.29. The Bertz CT molecular complexity index is 973. The number of hydrogen-bond donors (Lipinski definition) is 2. The molecule has 1 heterocycles. The fraction of sp³-hybridized carbons (Fsp3) is 0.222. The largest absolute Gasteiger partial charge is 0.354 e. The van der Waals surface area contributed by atoms with Gasteiger partial charge < -0.3 is 5.32 Å². The van der Waals surface area contributed by atoms with Crippen LogP contribution in [0, 0.1) is 0 Å². The Morgan fingerprint density at radius 3 is 2.77 bits per heavy atom. The molecule has 1 unspecified atom stereocenters. The van der Waals surface area contributed by atoms with Gasteiger partial charge >= 0.3 is 0 Å². The monoisotopic (exact) mass is 391 g/mol. The van der Waals surface area contributed by atoms with Crippen LogP contribution in [0.5, 0.6) is 0 Å². The van der Waals surface area contributed by atoms with Crippen LogP contribution in [-0.4, -0.2) is 32.7 Å². The van der Waals surface area contributed by atoms with Gasteiger partial charge in [-0.3, -0.25) is 14.5 Å². The van der Waals surface area contributed by atoms with Gasteiger partial charge in [-0.05, 0) is 43.2 Å². The predicted molar refractivity (Wildman–Crippen MR) is 101 cm³/mol. The number of amides is 1. The predicted octanol–water partition coefficient (Wildman–Crippen LogP) is 2.13. The van der Waals surface area contributed by atoms with Crippen LogP contribution in [0.4, 0.5) is 0 Å². The highest BCUT2D eigenvalue weighted by molar-refractivity contribution is 7.90. The van der Waals surface area contributed by atoms with Crippen molar-refractivity contribution in [1.29, 1.82) is 0 Å². The first kappa shape index (κ1) is 18.4. The van der Waals surface area contributed by atoms with Gasteiger partial charge in [0.2, 0.25) is 5.91 Å². The molecule has 0 saturated heterocycles. The van der Waals surface area contributed by atoms with E-state index in [4.69, 9.17) is 11.6 Å². The van der Waals surface area contributed by atoms with Crippen molar-refractivity contribution in [1.82, 2.24) is 10.0 Å². The lowest BCUT2D eigenvalue weighted by Crippen LogP contribution is -2.35. The Morgan fingerprint density at radius 2 is 2.00 bits per heavy atom. The van der Waals surface area contributed by atoms with Crippen molar-refractivity contribution in [3.05, 3.63) is 64.7 Å². The summed E-state index contributed by atoms with van der Waals surface area (Å²) >= 11 is 5.94. The number of rotatable bonds is 5. The third kappa shape index (κ3) is 4.05. The van der Waals surface area contributed by atoms with E-state index in [1.165, 1.54) is 6.07 Å². The number of amidine groups is 1. The zero-order valence-electron chi connectivity index (χ0n) is 14.1. The third-order valence-corrected chi connectivity index (χ3v) is 5.60. The number of carbonyl (C=O) groups is 1. The number of nitrogens with one attached hydrogen (secondary N) is 2. The minimum absolute atomic E-state index is 0.173. The van der Waals surface area contributed by atoms with Crippen LogP contribution in [0.2, 0.25) is 5.02 Å². The van der Waals surface area contributed by atoms with Crippen LogP contribution >= 0.6 is 11.6 Å². The minimum Gasteiger partial charge on any atom is -0.354 e. The number of fused-ring (bicyclic) bond motifs is 1. The van der Waals surface area contributed by atoms with E-state index in [9.17, 15) is 13.2 Å². The smallest absolute Gasteiger partial charge is 0.263 e. The van der Waals surface area contributed by atoms with Gasteiger partial charge in [-0.1, -0.05) is 35.9 Å². The molecule has 2 aromatic carbocycles. The molecule has 136 valence electrons. The Labute approximate surface area is 157 Å². The molecule has 0 radical (unpaired) electrons. The summed E-state index contributed by atoms with van der Waals surface area (Å²) in [4.78, 5) is 16.7. The number of hydrogen-bond acceptors (Lipinski definition) is 4. The maximum Gasteiger partial charge on any atom is 0.263 e. The van der Waals surface area contributed by atoms with Crippen molar-refractivity contribution < 1.29 is 13.2 Å². The van der Waals surface area contributed by atoms with Crippen LogP contribution in [0.3, 0.4) is 0 Å². The highest BCUT2D eigenvalue weighted by Gasteiger charge is 2.31. The Balaban J connectivity index is 1.64. The van der Waals surface area contributed by atoms with Crippen LogP contribution in [0.25, 0.3) is 0 Å². The summed E-state index contributed by atoms with van der Waals surface area (Å²) in [7, 11) is -3.61. The summed E-state index contributed by atoms with van der Waals surface area (Å²) < 4.78 is 26.5. The summed E-state index contributed by atoms with van der Waals surface area (Å²) in [5.74, 6) is -0.0822. The second-order valence-electron chi connectivity index (χ2n) is 5.93. The lowest BCUT2D eigenvalue weighted by molar-refractivity contribution is -0.121. The van der Waals surface area contributed by atoms with Gasteiger partial charge in [0.25, 0.3) is 10.0 Å². The number of sulfonamides is 1. The molecular weight excluding hydrogens is 374 g/mol. The summed E-state index contributed by atoms with van der Waals surface area (Å²) in [6.45, 7) is 2.06. The average Bonchev–Trinajstić information content (AvgIpc) is 2.86. The number of aliphatic imine (C=N–C) groups is 1. The van der Waals surface area contributed by atoms with Gasteiger partial charge in [-0.15, -0.1) is 0 Å². The molecule has 0 spiro atoms. The summed E-state index contributed by atoms with van der Waals surface area (Å²) in [6.07, 6.45) is 0.644. The van der Waals surface area contributed by atoms with E-state index in [0.717, 1.165) is 5.56 Å². The molecule has 1 atom stereocenters. The highest BCUT2D eigenvalue weighted by atomic mass is 35.5. The molecule has 2 aromatic rings. The molecule has 26 heavy (non-hydrogen) atoms. The van der Waals surface area contributed by atoms with E-state index < -0.39 is 16.1 Å². The van der Waals surface area contributed by atoms with Gasteiger partial charge in [-0.2, -0.15) is 0 Å². The summed E-state index contributed by atoms with van der Waals surface area (Å²) in [5, 5.41) is 3.46. The van der Waals surface area contributed by atoms with Gasteiger partial charge in [0, 0.05) is 17.1 Å². The van der Waals surface area contributed by atoms with E-state index in [1.807, 2.05) is 18.2 Å². The first-order valence-electron chi connectivity index (χ1n) is 8.09. The first-order chi connectivity index (χ1) is 12.4. The SMILES string of the molecule is CC(N=C1NS(=O)(=O)c2ccccc21)C(=O)NCCc1cccc(Cl)c1. The van der Waals surface area contributed by atoms with E-state index in [1.54, 1.807) is 31.2 Å². The van der Waals surface area contributed by atoms with Crippen LogP contribution < -0.4 is 10.0 Å². The molecular formula is C18H18ClN3O3S. The molecule has 0 saturated carbocycles. The molecule has 0 aromatic heterocycles. The fourth-order valence-electron chi connectivity index (χ4n) is 2.65. The van der Waals surface area contributed by atoms with Gasteiger partial charge in [0.15, 0.2) is 0 Å². The average molecular weight is 392 g/mol. The second-order valence-corrected chi connectivity index (χ2v) is 8.01. The standard InChI is InChI=1S/C18H18ClN3O3S/c1-12(18(23)20-10-9-13-5-4-6-14(19)11-13)21-17-15-7-2-3-8-16(15)26(24,25)22-17/h2-8,11-12H,9-10H2,1H3,(H,20,23)(H,21,22). The summed E-state index contributed by atoms with van der Waals surface area (Å²) in [6, 6.07) is 13.3. The van der Waals surface area contributed by atoms with Crippen molar-refractivity contribution >= 4 is 33.4 Å². The third-order valence-electron chi connectivity index (χ3n) is 3.97. The normalized spacial score (nSPS) is 17.4. The molecule has 8 heteroatoms. The molecule has 6 nitrogen and oxygen atoms in total. The van der Waals surface area contributed by atoms with Gasteiger partial charge in [-0.25, -0.2) is 8.42 Å². The molecule has 3 rings (SSSR count). The lowest BCUT2D eigenvalue weighted by atomic mass is 10.1. The van der Waals surface area contributed by atoms with Crippen LogP contribution in [0.15, 0.2) is 58.4 Å². The molecule has 0 bridgehead atoms. The Morgan fingerprint density at radius 1 is 1.23 bits per heavy atom. The zero-order chi connectivity index (χ0) is 18.7. The lowest BCUT2D eigenvalue weighted by Gasteiger charge is -2.10. The Hall–Kier alpha value is -2.38. The van der Waals surface area contributed by atoms with Crippen molar-refractivity contribution in [3.63, 3.8) is 0 Å². The summed E-state index contributed by atoms with van der Waals surface area (Å²) in [5.41, 5.74) is 1.50. The van der Waals surface area contributed by atoms with Crippen molar-refractivity contribution in [3.8, 4) is 0 Å².